The average molecular weight is 175 g/mol. The quantitative estimate of drug-likeness (QED) is 0.515. The van der Waals surface area contributed by atoms with E-state index in [1.54, 1.807) is 0 Å². The summed E-state index contributed by atoms with van der Waals surface area (Å²) in [7, 11) is 0.989. The largest absolute Gasteiger partial charge is 0.418 e. The molecular weight excluding hydrogens is 154 g/mol. The van der Waals surface area contributed by atoms with Gasteiger partial charge in [0.25, 0.3) is 0 Å². The molecule has 11 heavy (non-hydrogen) atoms. The SMILES string of the molecule is CNCCO[SiH](C)C(C)(C)C. The first-order valence-corrected chi connectivity index (χ1v) is 6.45. The highest BCUT2D eigenvalue weighted by atomic mass is 28.3. The molecular formula is C8H21NOSi. The van der Waals surface area contributed by atoms with Crippen LogP contribution in [-0.4, -0.2) is 29.2 Å². The van der Waals surface area contributed by atoms with Crippen molar-refractivity contribution in [2.75, 3.05) is 20.2 Å². The van der Waals surface area contributed by atoms with E-state index in [1.165, 1.54) is 0 Å². The number of nitrogens with one attached hydrogen (secondary N) is 1. The molecule has 0 aromatic carbocycles. The smallest absolute Gasteiger partial charge is 0.179 e. The van der Waals surface area contributed by atoms with Crippen molar-refractivity contribution in [2.45, 2.75) is 32.4 Å². The van der Waals surface area contributed by atoms with Gasteiger partial charge in [-0.2, -0.15) is 0 Å². The normalized spacial score (nSPS) is 15.0. The number of hydrogen-bond acceptors (Lipinski definition) is 2. The van der Waals surface area contributed by atoms with Gasteiger partial charge in [-0.15, -0.1) is 0 Å². The highest BCUT2D eigenvalue weighted by Gasteiger charge is 2.22. The zero-order valence-electron chi connectivity index (χ0n) is 8.40. The Morgan fingerprint density at radius 3 is 2.27 bits per heavy atom. The third-order valence-corrected chi connectivity index (χ3v) is 5.11. The number of hydrogen-bond donors (Lipinski definition) is 1. The van der Waals surface area contributed by atoms with Crippen LogP contribution in [0.1, 0.15) is 20.8 Å². The lowest BCUT2D eigenvalue weighted by Crippen LogP contribution is -2.28. The molecule has 0 amide bonds. The van der Waals surface area contributed by atoms with E-state index < -0.39 is 9.04 Å². The van der Waals surface area contributed by atoms with Crippen molar-refractivity contribution >= 4 is 9.04 Å². The van der Waals surface area contributed by atoms with Gasteiger partial charge < -0.3 is 9.74 Å². The lowest BCUT2D eigenvalue weighted by molar-refractivity contribution is 0.307. The molecule has 0 spiro atoms. The van der Waals surface area contributed by atoms with Crippen molar-refractivity contribution in [1.82, 2.24) is 5.32 Å². The van der Waals surface area contributed by atoms with E-state index in [0.717, 1.165) is 13.2 Å². The van der Waals surface area contributed by atoms with E-state index in [1.807, 2.05) is 7.05 Å². The molecule has 0 aliphatic carbocycles. The number of rotatable bonds is 4. The average Bonchev–Trinajstić information content (AvgIpc) is 1.86. The second-order valence-corrected chi connectivity index (χ2v) is 7.33. The molecule has 1 unspecified atom stereocenters. The van der Waals surface area contributed by atoms with Gasteiger partial charge in [0.2, 0.25) is 0 Å². The van der Waals surface area contributed by atoms with Crippen molar-refractivity contribution in [3.8, 4) is 0 Å². The molecule has 1 N–H and O–H groups in total. The minimum atomic E-state index is -0.962. The Bertz CT molecular complexity index is 101. The molecule has 68 valence electrons. The van der Waals surface area contributed by atoms with Crippen LogP contribution in [0.5, 0.6) is 0 Å². The van der Waals surface area contributed by atoms with Crippen LogP contribution in [0.2, 0.25) is 11.6 Å². The van der Waals surface area contributed by atoms with Crippen LogP contribution in [0.4, 0.5) is 0 Å². The maximum atomic E-state index is 5.72. The van der Waals surface area contributed by atoms with E-state index in [9.17, 15) is 0 Å². The molecule has 0 saturated heterocycles. The Kier molecular flexibility index (Phi) is 4.96. The Morgan fingerprint density at radius 2 is 1.91 bits per heavy atom. The van der Waals surface area contributed by atoms with E-state index >= 15 is 0 Å². The van der Waals surface area contributed by atoms with Gasteiger partial charge in [0.05, 0.1) is 0 Å². The minimum absolute atomic E-state index is 0.397. The summed E-state index contributed by atoms with van der Waals surface area (Å²) in [5.41, 5.74) is 0. The minimum Gasteiger partial charge on any atom is -0.418 e. The zero-order chi connectivity index (χ0) is 8.91. The summed E-state index contributed by atoms with van der Waals surface area (Å²) in [4.78, 5) is 0. The van der Waals surface area contributed by atoms with Crippen LogP contribution in [0, 0.1) is 0 Å². The van der Waals surface area contributed by atoms with Crippen LogP contribution in [0.25, 0.3) is 0 Å². The van der Waals surface area contributed by atoms with E-state index in [0.29, 0.717) is 5.04 Å². The van der Waals surface area contributed by atoms with Crippen molar-refractivity contribution in [1.29, 1.82) is 0 Å². The second kappa shape index (κ2) is 4.90. The summed E-state index contributed by atoms with van der Waals surface area (Å²) in [5, 5.41) is 3.47. The van der Waals surface area contributed by atoms with E-state index in [-0.39, 0.29) is 0 Å². The molecule has 0 radical (unpaired) electrons. The van der Waals surface area contributed by atoms with Crippen LogP contribution in [0.3, 0.4) is 0 Å². The molecule has 0 rings (SSSR count). The van der Waals surface area contributed by atoms with E-state index in [4.69, 9.17) is 4.43 Å². The monoisotopic (exact) mass is 175 g/mol. The third kappa shape index (κ3) is 5.41. The Labute approximate surface area is 72.1 Å². The topological polar surface area (TPSA) is 21.3 Å². The second-order valence-electron chi connectivity index (χ2n) is 3.98. The third-order valence-electron chi connectivity index (χ3n) is 1.94. The zero-order valence-corrected chi connectivity index (χ0v) is 9.55. The predicted molar refractivity (Wildman–Crippen MR) is 52.6 cm³/mol. The molecule has 1 atom stereocenters. The fourth-order valence-electron chi connectivity index (χ4n) is 0.588. The molecule has 0 aliphatic heterocycles. The van der Waals surface area contributed by atoms with Crippen molar-refractivity contribution in [3.63, 3.8) is 0 Å². The van der Waals surface area contributed by atoms with Crippen LogP contribution < -0.4 is 5.32 Å². The molecule has 0 aromatic rings. The highest BCUT2D eigenvalue weighted by molar-refractivity contribution is 6.53. The molecule has 3 heteroatoms. The van der Waals surface area contributed by atoms with Gasteiger partial charge in [0, 0.05) is 13.2 Å². The summed E-state index contributed by atoms with van der Waals surface area (Å²) in [6, 6.07) is 0. The van der Waals surface area contributed by atoms with Gasteiger partial charge in [0.1, 0.15) is 0 Å². The fourth-order valence-corrected chi connectivity index (χ4v) is 1.56. The van der Waals surface area contributed by atoms with Gasteiger partial charge in [-0.05, 0) is 18.6 Å². The summed E-state index contributed by atoms with van der Waals surface area (Å²) in [5.74, 6) is 0. The van der Waals surface area contributed by atoms with Gasteiger partial charge >= 0.3 is 0 Å². The van der Waals surface area contributed by atoms with Crippen molar-refractivity contribution in [2.24, 2.45) is 0 Å². The van der Waals surface area contributed by atoms with Gasteiger partial charge in [0.15, 0.2) is 9.04 Å². The van der Waals surface area contributed by atoms with Crippen LogP contribution in [0.15, 0.2) is 0 Å². The van der Waals surface area contributed by atoms with Crippen molar-refractivity contribution < 1.29 is 4.43 Å². The lowest BCUT2D eigenvalue weighted by Gasteiger charge is -2.25. The molecule has 0 aromatic heterocycles. The summed E-state index contributed by atoms with van der Waals surface area (Å²) >= 11 is 0. The number of likely N-dealkylation sites (N-methyl/N-ethyl adjacent to an activating group) is 1. The summed E-state index contributed by atoms with van der Waals surface area (Å²) in [6.45, 7) is 10.8. The Morgan fingerprint density at radius 1 is 1.36 bits per heavy atom. The summed E-state index contributed by atoms with van der Waals surface area (Å²) in [6.07, 6.45) is 0. The fraction of sp³-hybridized carbons (Fsp3) is 1.00. The maximum absolute atomic E-state index is 5.72. The highest BCUT2D eigenvalue weighted by Crippen LogP contribution is 2.26. The first-order valence-electron chi connectivity index (χ1n) is 4.24. The first-order chi connectivity index (χ1) is 4.98. The van der Waals surface area contributed by atoms with Gasteiger partial charge in [-0.1, -0.05) is 20.8 Å². The molecule has 2 nitrogen and oxygen atoms in total. The standard InChI is InChI=1S/C8H21NOSi/c1-8(2,3)11(5)10-7-6-9-4/h9,11H,6-7H2,1-5H3. The Hall–Kier alpha value is 0.137. The molecule has 0 heterocycles. The molecule has 0 aliphatic rings. The van der Waals surface area contributed by atoms with Gasteiger partial charge in [-0.3, -0.25) is 0 Å². The van der Waals surface area contributed by atoms with Crippen LogP contribution in [-0.2, 0) is 4.43 Å². The maximum Gasteiger partial charge on any atom is 0.179 e. The van der Waals surface area contributed by atoms with E-state index in [2.05, 4.69) is 32.6 Å². The van der Waals surface area contributed by atoms with Crippen LogP contribution >= 0.6 is 0 Å². The molecule has 0 fully saturated rings. The summed E-state index contributed by atoms with van der Waals surface area (Å²) < 4.78 is 5.72. The van der Waals surface area contributed by atoms with Gasteiger partial charge in [-0.25, -0.2) is 0 Å². The lowest BCUT2D eigenvalue weighted by atomic mass is 10.3. The molecule has 0 saturated carbocycles. The Balaban J connectivity index is 3.44. The first kappa shape index (κ1) is 11.1. The molecule has 0 bridgehead atoms. The van der Waals surface area contributed by atoms with Crippen molar-refractivity contribution in [3.05, 3.63) is 0 Å². The predicted octanol–water partition coefficient (Wildman–Crippen LogP) is 1.38.